The van der Waals surface area contributed by atoms with Gasteiger partial charge in [-0.15, -0.1) is 0 Å². The molecule has 1 N–H and O–H groups in total. The number of carbonyl (C=O) groups excluding carboxylic acids is 3. The van der Waals surface area contributed by atoms with Gasteiger partial charge in [0, 0.05) is 6.42 Å². The van der Waals surface area contributed by atoms with Crippen molar-refractivity contribution in [2.45, 2.75) is 52.2 Å². The Kier molecular flexibility index (Phi) is 5.71. The SMILES string of the molecule is CC(=O)CCC(C=O)NC(=O)OC(C)(C)C. The molecule has 0 aromatic carbocycles. The molecule has 0 radical (unpaired) electrons. The van der Waals surface area contributed by atoms with Gasteiger partial charge in [-0.1, -0.05) is 0 Å². The summed E-state index contributed by atoms with van der Waals surface area (Å²) in [5.41, 5.74) is -0.599. The molecule has 0 spiro atoms. The van der Waals surface area contributed by atoms with Crippen LogP contribution in [0, 0.1) is 0 Å². The van der Waals surface area contributed by atoms with Crippen LogP contribution < -0.4 is 5.32 Å². The van der Waals surface area contributed by atoms with Crippen LogP contribution in [0.4, 0.5) is 4.79 Å². The third-order valence-electron chi connectivity index (χ3n) is 1.67. The molecule has 0 bridgehead atoms. The van der Waals surface area contributed by atoms with E-state index in [2.05, 4.69) is 5.32 Å². The van der Waals surface area contributed by atoms with Crippen molar-refractivity contribution in [3.05, 3.63) is 0 Å². The number of nitrogens with one attached hydrogen (secondary N) is 1. The third-order valence-corrected chi connectivity index (χ3v) is 1.67. The van der Waals surface area contributed by atoms with Crippen LogP contribution in [0.5, 0.6) is 0 Å². The van der Waals surface area contributed by atoms with Crippen LogP contribution in [-0.4, -0.2) is 29.8 Å². The molecule has 1 atom stereocenters. The van der Waals surface area contributed by atoms with Crippen molar-refractivity contribution in [1.29, 1.82) is 0 Å². The van der Waals surface area contributed by atoms with E-state index in [1.807, 2.05) is 0 Å². The highest BCUT2D eigenvalue weighted by atomic mass is 16.6. The van der Waals surface area contributed by atoms with Gasteiger partial charge >= 0.3 is 6.09 Å². The number of rotatable bonds is 5. The van der Waals surface area contributed by atoms with E-state index in [-0.39, 0.29) is 12.2 Å². The van der Waals surface area contributed by atoms with Crippen molar-refractivity contribution in [3.8, 4) is 0 Å². The Hall–Kier alpha value is -1.39. The molecule has 5 heteroatoms. The molecule has 1 unspecified atom stereocenters. The number of hydrogen-bond donors (Lipinski definition) is 1. The smallest absolute Gasteiger partial charge is 0.408 e. The number of aldehydes is 1. The molecule has 0 aromatic heterocycles. The highest BCUT2D eigenvalue weighted by Gasteiger charge is 2.19. The topological polar surface area (TPSA) is 72.5 Å². The number of amides is 1. The molecule has 0 aromatic rings. The van der Waals surface area contributed by atoms with Crippen molar-refractivity contribution < 1.29 is 19.1 Å². The van der Waals surface area contributed by atoms with Crippen LogP contribution in [0.15, 0.2) is 0 Å². The molecular weight excluding hydrogens is 210 g/mol. The summed E-state index contributed by atoms with van der Waals surface area (Å²) in [5, 5.41) is 2.40. The number of hydrogen-bond acceptors (Lipinski definition) is 4. The van der Waals surface area contributed by atoms with E-state index in [9.17, 15) is 14.4 Å². The Balaban J connectivity index is 4.07. The van der Waals surface area contributed by atoms with Gasteiger partial charge in [-0.25, -0.2) is 4.79 Å². The molecule has 0 aliphatic carbocycles. The minimum Gasteiger partial charge on any atom is -0.444 e. The highest BCUT2D eigenvalue weighted by molar-refractivity contribution is 5.77. The van der Waals surface area contributed by atoms with E-state index < -0.39 is 17.7 Å². The van der Waals surface area contributed by atoms with Crippen LogP contribution in [0.2, 0.25) is 0 Å². The summed E-state index contributed by atoms with van der Waals surface area (Å²) < 4.78 is 4.98. The second kappa shape index (κ2) is 6.25. The van der Waals surface area contributed by atoms with Gasteiger partial charge in [-0.2, -0.15) is 0 Å². The average molecular weight is 229 g/mol. The zero-order chi connectivity index (χ0) is 12.8. The lowest BCUT2D eigenvalue weighted by Crippen LogP contribution is -2.40. The van der Waals surface area contributed by atoms with E-state index in [4.69, 9.17) is 4.74 Å². The fourth-order valence-electron chi connectivity index (χ4n) is 0.992. The maximum Gasteiger partial charge on any atom is 0.408 e. The van der Waals surface area contributed by atoms with Crippen molar-refractivity contribution in [3.63, 3.8) is 0 Å². The first kappa shape index (κ1) is 14.6. The monoisotopic (exact) mass is 229 g/mol. The van der Waals surface area contributed by atoms with Crippen LogP contribution in [0.3, 0.4) is 0 Å². The number of ketones is 1. The highest BCUT2D eigenvalue weighted by Crippen LogP contribution is 2.07. The fraction of sp³-hybridized carbons (Fsp3) is 0.727. The van der Waals surface area contributed by atoms with E-state index in [0.717, 1.165) is 0 Å². The molecule has 0 fully saturated rings. The predicted octanol–water partition coefficient (Wildman–Crippen LogP) is 1.45. The zero-order valence-electron chi connectivity index (χ0n) is 10.2. The van der Waals surface area contributed by atoms with Gasteiger partial charge in [0.15, 0.2) is 0 Å². The molecule has 0 aliphatic heterocycles. The third kappa shape index (κ3) is 7.96. The zero-order valence-corrected chi connectivity index (χ0v) is 10.2. The summed E-state index contributed by atoms with van der Waals surface area (Å²) in [7, 11) is 0. The summed E-state index contributed by atoms with van der Waals surface area (Å²) >= 11 is 0. The van der Waals surface area contributed by atoms with Crippen LogP contribution in [-0.2, 0) is 14.3 Å². The molecule has 0 saturated heterocycles. The quantitative estimate of drug-likeness (QED) is 0.724. The summed E-state index contributed by atoms with van der Waals surface area (Å²) in [6.07, 6.45) is 0.526. The first-order valence-electron chi connectivity index (χ1n) is 5.19. The Bertz CT molecular complexity index is 268. The Labute approximate surface area is 95.5 Å². The van der Waals surface area contributed by atoms with Crippen LogP contribution in [0.25, 0.3) is 0 Å². The lowest BCUT2D eigenvalue weighted by molar-refractivity contribution is -0.117. The normalized spacial score (nSPS) is 12.8. The Morgan fingerprint density at radius 2 is 1.94 bits per heavy atom. The van der Waals surface area contributed by atoms with E-state index in [1.165, 1.54) is 6.92 Å². The molecular formula is C11H19NO4. The molecule has 5 nitrogen and oxygen atoms in total. The number of alkyl carbamates (subject to hydrolysis) is 1. The Morgan fingerprint density at radius 1 is 1.38 bits per heavy atom. The van der Waals surface area contributed by atoms with Gasteiger partial charge in [0.2, 0.25) is 0 Å². The predicted molar refractivity (Wildman–Crippen MR) is 59.1 cm³/mol. The van der Waals surface area contributed by atoms with Crippen LogP contribution in [0.1, 0.15) is 40.5 Å². The largest absolute Gasteiger partial charge is 0.444 e. The number of Topliss-reactive ketones (excluding diaryl/α,β-unsaturated/α-hetero) is 1. The fourth-order valence-corrected chi connectivity index (χ4v) is 0.992. The van der Waals surface area contributed by atoms with E-state index in [0.29, 0.717) is 12.7 Å². The molecule has 0 saturated carbocycles. The lowest BCUT2D eigenvalue weighted by Gasteiger charge is -2.21. The summed E-state index contributed by atoms with van der Waals surface area (Å²) in [6, 6.07) is -0.668. The Morgan fingerprint density at radius 3 is 2.31 bits per heavy atom. The second-order valence-electron chi connectivity index (χ2n) is 4.63. The average Bonchev–Trinajstić information content (AvgIpc) is 2.08. The molecule has 92 valence electrons. The minimum absolute atomic E-state index is 0.0159. The molecule has 1 amide bonds. The van der Waals surface area contributed by atoms with Gasteiger partial charge in [0.05, 0.1) is 6.04 Å². The van der Waals surface area contributed by atoms with Gasteiger partial charge in [-0.05, 0) is 34.1 Å². The summed E-state index contributed by atoms with van der Waals surface area (Å²) in [5.74, 6) is -0.0159. The molecule has 16 heavy (non-hydrogen) atoms. The van der Waals surface area contributed by atoms with Gasteiger partial charge in [-0.3, -0.25) is 0 Å². The summed E-state index contributed by atoms with van der Waals surface area (Å²) in [6.45, 7) is 6.64. The van der Waals surface area contributed by atoms with E-state index >= 15 is 0 Å². The van der Waals surface area contributed by atoms with Gasteiger partial charge in [0.1, 0.15) is 17.7 Å². The minimum atomic E-state index is -0.668. The van der Waals surface area contributed by atoms with Crippen molar-refractivity contribution in [1.82, 2.24) is 5.32 Å². The first-order chi connectivity index (χ1) is 7.24. The molecule has 0 aliphatic rings. The van der Waals surface area contributed by atoms with Crippen LogP contribution >= 0.6 is 0 Å². The standard InChI is InChI=1S/C11H19NO4/c1-8(14)5-6-9(7-13)12-10(15)16-11(2,3)4/h7,9H,5-6H2,1-4H3,(H,12,15). The van der Waals surface area contributed by atoms with Gasteiger partial charge in [0.25, 0.3) is 0 Å². The first-order valence-corrected chi connectivity index (χ1v) is 5.19. The van der Waals surface area contributed by atoms with Crippen molar-refractivity contribution >= 4 is 18.2 Å². The number of carbonyl (C=O) groups is 3. The second-order valence-corrected chi connectivity index (χ2v) is 4.63. The maximum atomic E-state index is 11.3. The summed E-state index contributed by atoms with van der Waals surface area (Å²) in [4.78, 5) is 32.7. The number of ether oxygens (including phenoxy) is 1. The lowest BCUT2D eigenvalue weighted by atomic mass is 10.1. The molecule has 0 heterocycles. The van der Waals surface area contributed by atoms with E-state index in [1.54, 1.807) is 20.8 Å². The van der Waals surface area contributed by atoms with Crippen molar-refractivity contribution in [2.24, 2.45) is 0 Å². The maximum absolute atomic E-state index is 11.3. The van der Waals surface area contributed by atoms with Gasteiger partial charge < -0.3 is 19.6 Å². The molecule has 0 rings (SSSR count). The van der Waals surface area contributed by atoms with Crippen molar-refractivity contribution in [2.75, 3.05) is 0 Å².